The van der Waals surface area contributed by atoms with E-state index in [4.69, 9.17) is 11.6 Å². The van der Waals surface area contributed by atoms with Gasteiger partial charge in [0.2, 0.25) is 5.91 Å². The van der Waals surface area contributed by atoms with Crippen LogP contribution >= 0.6 is 11.6 Å². The van der Waals surface area contributed by atoms with Crippen LogP contribution < -0.4 is 16.0 Å². The maximum atomic E-state index is 11.4. The summed E-state index contributed by atoms with van der Waals surface area (Å²) < 4.78 is 0. The molecule has 104 valence electrons. The molecule has 0 aliphatic carbocycles. The van der Waals surface area contributed by atoms with Crippen molar-refractivity contribution in [2.24, 2.45) is 0 Å². The molecule has 6 heteroatoms. The van der Waals surface area contributed by atoms with Gasteiger partial charge in [-0.15, -0.1) is 0 Å². The first kappa shape index (κ1) is 15.3. The summed E-state index contributed by atoms with van der Waals surface area (Å²) in [6, 6.07) is 6.80. The monoisotopic (exact) mass is 283 g/mol. The van der Waals surface area contributed by atoms with Crippen molar-refractivity contribution in [1.82, 2.24) is 16.0 Å². The summed E-state index contributed by atoms with van der Waals surface area (Å²) in [6.07, 6.45) is 0.870. The van der Waals surface area contributed by atoms with Gasteiger partial charge < -0.3 is 16.0 Å². The molecule has 0 atom stereocenters. The van der Waals surface area contributed by atoms with E-state index in [0.717, 1.165) is 12.0 Å². The number of nitrogens with one attached hydrogen (secondary N) is 3. The average molecular weight is 284 g/mol. The van der Waals surface area contributed by atoms with Crippen LogP contribution in [0.4, 0.5) is 4.79 Å². The number of hydrogen-bond donors (Lipinski definition) is 3. The lowest BCUT2D eigenvalue weighted by molar-refractivity contribution is -0.120. The second-order valence-corrected chi connectivity index (χ2v) is 4.45. The Balaban J connectivity index is 2.21. The highest BCUT2D eigenvalue weighted by Gasteiger charge is 2.04. The van der Waals surface area contributed by atoms with E-state index in [9.17, 15) is 9.59 Å². The van der Waals surface area contributed by atoms with Crippen LogP contribution in [0, 0.1) is 0 Å². The van der Waals surface area contributed by atoms with Gasteiger partial charge in [-0.25, -0.2) is 4.79 Å². The SMILES string of the molecule is CCCNC(=O)CNC(=O)NCc1ccc(Cl)cc1. The van der Waals surface area contributed by atoms with Crippen LogP contribution in [0.2, 0.25) is 5.02 Å². The molecule has 0 saturated heterocycles. The number of amides is 3. The summed E-state index contributed by atoms with van der Waals surface area (Å²) in [5, 5.41) is 8.47. The Morgan fingerprint density at radius 3 is 2.42 bits per heavy atom. The topological polar surface area (TPSA) is 70.2 Å². The first-order valence-corrected chi connectivity index (χ1v) is 6.52. The number of urea groups is 1. The minimum Gasteiger partial charge on any atom is -0.355 e. The van der Waals surface area contributed by atoms with Gasteiger partial charge in [0.15, 0.2) is 0 Å². The average Bonchev–Trinajstić information content (AvgIpc) is 2.42. The fraction of sp³-hybridized carbons (Fsp3) is 0.385. The molecule has 0 bridgehead atoms. The number of carbonyl (C=O) groups excluding carboxylic acids is 2. The van der Waals surface area contributed by atoms with Crippen LogP contribution in [0.25, 0.3) is 0 Å². The van der Waals surface area contributed by atoms with Crippen LogP contribution in [-0.4, -0.2) is 25.0 Å². The maximum Gasteiger partial charge on any atom is 0.315 e. The van der Waals surface area contributed by atoms with Gasteiger partial charge in [0.25, 0.3) is 0 Å². The highest BCUT2D eigenvalue weighted by Crippen LogP contribution is 2.08. The fourth-order valence-corrected chi connectivity index (χ4v) is 1.46. The van der Waals surface area contributed by atoms with Crippen molar-refractivity contribution in [2.75, 3.05) is 13.1 Å². The lowest BCUT2D eigenvalue weighted by Gasteiger charge is -2.08. The second-order valence-electron chi connectivity index (χ2n) is 4.01. The van der Waals surface area contributed by atoms with Crippen LogP contribution in [-0.2, 0) is 11.3 Å². The Bertz CT molecular complexity index is 420. The predicted octanol–water partition coefficient (Wildman–Crippen LogP) is 1.67. The Kier molecular flexibility index (Phi) is 6.74. The molecule has 19 heavy (non-hydrogen) atoms. The Morgan fingerprint density at radius 2 is 1.79 bits per heavy atom. The third-order valence-electron chi connectivity index (χ3n) is 2.35. The molecule has 0 saturated carbocycles. The standard InChI is InChI=1S/C13H18ClN3O2/c1-2-7-15-12(18)9-17-13(19)16-8-10-3-5-11(14)6-4-10/h3-6H,2,7-9H2,1H3,(H,15,18)(H2,16,17,19). The van der Waals surface area contributed by atoms with Crippen molar-refractivity contribution in [2.45, 2.75) is 19.9 Å². The fourth-order valence-electron chi connectivity index (χ4n) is 1.33. The van der Waals surface area contributed by atoms with Gasteiger partial charge in [0, 0.05) is 18.1 Å². The minimum atomic E-state index is -0.374. The molecule has 0 heterocycles. The molecule has 0 fully saturated rings. The highest BCUT2D eigenvalue weighted by molar-refractivity contribution is 6.30. The van der Waals surface area contributed by atoms with Crippen LogP contribution in [0.1, 0.15) is 18.9 Å². The lowest BCUT2D eigenvalue weighted by Crippen LogP contribution is -2.41. The van der Waals surface area contributed by atoms with Gasteiger partial charge in [0.05, 0.1) is 6.54 Å². The first-order chi connectivity index (χ1) is 9.11. The summed E-state index contributed by atoms with van der Waals surface area (Å²) in [5.41, 5.74) is 0.940. The maximum absolute atomic E-state index is 11.4. The Labute approximate surface area is 117 Å². The molecule has 5 nitrogen and oxygen atoms in total. The van der Waals surface area contributed by atoms with Crippen molar-refractivity contribution < 1.29 is 9.59 Å². The van der Waals surface area contributed by atoms with E-state index < -0.39 is 0 Å². The minimum absolute atomic E-state index is 0.0214. The van der Waals surface area contributed by atoms with Gasteiger partial charge in [0.1, 0.15) is 0 Å². The Morgan fingerprint density at radius 1 is 1.11 bits per heavy atom. The first-order valence-electron chi connectivity index (χ1n) is 6.14. The van der Waals surface area contributed by atoms with E-state index in [0.29, 0.717) is 18.1 Å². The quantitative estimate of drug-likeness (QED) is 0.743. The molecule has 0 aromatic heterocycles. The summed E-state index contributed by atoms with van der Waals surface area (Å²) in [7, 11) is 0. The number of benzene rings is 1. The summed E-state index contributed by atoms with van der Waals surface area (Å²) >= 11 is 5.76. The lowest BCUT2D eigenvalue weighted by atomic mass is 10.2. The van der Waals surface area contributed by atoms with E-state index in [1.54, 1.807) is 12.1 Å². The number of halogens is 1. The number of carbonyl (C=O) groups is 2. The molecule has 3 N–H and O–H groups in total. The van der Waals surface area contributed by atoms with Crippen molar-refractivity contribution in [3.63, 3.8) is 0 Å². The molecule has 0 aliphatic rings. The molecule has 0 unspecified atom stereocenters. The molecular weight excluding hydrogens is 266 g/mol. The van der Waals surface area contributed by atoms with Crippen molar-refractivity contribution in [3.8, 4) is 0 Å². The van der Waals surface area contributed by atoms with Crippen molar-refractivity contribution in [3.05, 3.63) is 34.9 Å². The molecule has 1 aromatic rings. The third-order valence-corrected chi connectivity index (χ3v) is 2.60. The van der Waals surface area contributed by atoms with Crippen molar-refractivity contribution in [1.29, 1.82) is 0 Å². The summed E-state index contributed by atoms with van der Waals surface area (Å²) in [5.74, 6) is -0.191. The van der Waals surface area contributed by atoms with E-state index in [1.807, 2.05) is 19.1 Å². The molecular formula is C13H18ClN3O2. The zero-order valence-electron chi connectivity index (χ0n) is 10.8. The molecule has 1 aromatic carbocycles. The molecule has 3 amide bonds. The molecule has 0 radical (unpaired) electrons. The van der Waals surface area contributed by atoms with Gasteiger partial charge >= 0.3 is 6.03 Å². The van der Waals surface area contributed by atoms with E-state index in [1.165, 1.54) is 0 Å². The van der Waals surface area contributed by atoms with Crippen LogP contribution in [0.5, 0.6) is 0 Å². The zero-order valence-corrected chi connectivity index (χ0v) is 11.6. The molecule has 0 aliphatic heterocycles. The molecule has 1 rings (SSSR count). The second kappa shape index (κ2) is 8.37. The predicted molar refractivity (Wildman–Crippen MR) is 75.0 cm³/mol. The van der Waals surface area contributed by atoms with E-state index in [2.05, 4.69) is 16.0 Å². The zero-order chi connectivity index (χ0) is 14.1. The highest BCUT2D eigenvalue weighted by atomic mass is 35.5. The van der Waals surface area contributed by atoms with Crippen LogP contribution in [0.3, 0.4) is 0 Å². The Hall–Kier alpha value is -1.75. The summed E-state index contributed by atoms with van der Waals surface area (Å²) in [6.45, 7) is 2.95. The third kappa shape index (κ3) is 6.67. The smallest absolute Gasteiger partial charge is 0.315 e. The number of rotatable bonds is 6. The molecule has 0 spiro atoms. The van der Waals surface area contributed by atoms with Gasteiger partial charge in [-0.2, -0.15) is 0 Å². The largest absolute Gasteiger partial charge is 0.355 e. The number of hydrogen-bond acceptors (Lipinski definition) is 2. The van der Waals surface area contributed by atoms with E-state index >= 15 is 0 Å². The van der Waals surface area contributed by atoms with E-state index in [-0.39, 0.29) is 18.5 Å². The van der Waals surface area contributed by atoms with Gasteiger partial charge in [-0.1, -0.05) is 30.7 Å². The van der Waals surface area contributed by atoms with Gasteiger partial charge in [-0.05, 0) is 24.1 Å². The van der Waals surface area contributed by atoms with Crippen LogP contribution in [0.15, 0.2) is 24.3 Å². The normalized spacial score (nSPS) is 9.79. The van der Waals surface area contributed by atoms with Gasteiger partial charge in [-0.3, -0.25) is 4.79 Å². The summed E-state index contributed by atoms with van der Waals surface area (Å²) in [4.78, 5) is 22.7. The van der Waals surface area contributed by atoms with Crippen molar-refractivity contribution >= 4 is 23.5 Å².